The summed E-state index contributed by atoms with van der Waals surface area (Å²) in [5, 5.41) is 0.556. The van der Waals surface area contributed by atoms with Crippen LogP contribution in [0, 0.1) is 0 Å². The first-order valence-corrected chi connectivity index (χ1v) is 7.68. The topological polar surface area (TPSA) is 44.1 Å². The number of para-hydroxylation sites is 1. The van der Waals surface area contributed by atoms with Crippen LogP contribution in [0.15, 0.2) is 59.4 Å². The Morgan fingerprint density at radius 2 is 1.78 bits per heavy atom. The van der Waals surface area contributed by atoms with Crippen molar-refractivity contribution in [1.29, 1.82) is 0 Å². The monoisotopic (exact) mass is 306 g/mol. The predicted octanol–water partition coefficient (Wildman–Crippen LogP) is 3.41. The third-order valence-electron chi connectivity index (χ3n) is 3.41. The highest BCUT2D eigenvalue weighted by Crippen LogP contribution is 2.10. The zero-order valence-electron chi connectivity index (χ0n) is 13.0. The van der Waals surface area contributed by atoms with Gasteiger partial charge in [-0.05, 0) is 30.2 Å². The van der Waals surface area contributed by atoms with E-state index in [0.717, 1.165) is 12.0 Å². The van der Waals surface area contributed by atoms with Crippen LogP contribution in [0.2, 0.25) is 0 Å². The van der Waals surface area contributed by atoms with E-state index in [-0.39, 0.29) is 5.56 Å². The number of benzene rings is 2. The molecule has 0 radical (unpaired) electrons. The lowest BCUT2D eigenvalue weighted by Crippen LogP contribution is -2.30. The number of aromatic nitrogens is 2. The summed E-state index contributed by atoms with van der Waals surface area (Å²) in [4.78, 5) is 22.8. The minimum atomic E-state index is -0.184. The van der Waals surface area contributed by atoms with Gasteiger partial charge in [-0.1, -0.05) is 55.5 Å². The van der Waals surface area contributed by atoms with Gasteiger partial charge in [0, 0.05) is 0 Å². The molecule has 0 spiro atoms. The van der Waals surface area contributed by atoms with Crippen molar-refractivity contribution in [2.45, 2.75) is 13.3 Å². The Hall–Kier alpha value is -2.88. The van der Waals surface area contributed by atoms with Crippen LogP contribution in [0.1, 0.15) is 24.7 Å². The van der Waals surface area contributed by atoms with Crippen LogP contribution in [-0.4, -0.2) is 16.3 Å². The van der Waals surface area contributed by atoms with Crippen molar-refractivity contribution in [3.05, 3.63) is 76.3 Å². The van der Waals surface area contributed by atoms with E-state index in [2.05, 4.69) is 4.98 Å². The highest BCUT2D eigenvalue weighted by atomic mass is 16.7. The van der Waals surface area contributed by atoms with Crippen LogP contribution < -0.4 is 10.4 Å². The van der Waals surface area contributed by atoms with Gasteiger partial charge < -0.3 is 4.84 Å². The molecule has 4 nitrogen and oxygen atoms in total. The van der Waals surface area contributed by atoms with E-state index in [9.17, 15) is 4.79 Å². The lowest BCUT2D eigenvalue weighted by molar-refractivity contribution is 0.0995. The molecule has 1 heterocycles. The van der Waals surface area contributed by atoms with Crippen molar-refractivity contribution in [2.24, 2.45) is 0 Å². The first-order chi connectivity index (χ1) is 11.3. The van der Waals surface area contributed by atoms with E-state index < -0.39 is 0 Å². The van der Waals surface area contributed by atoms with Crippen molar-refractivity contribution >= 4 is 23.1 Å². The summed E-state index contributed by atoms with van der Waals surface area (Å²) >= 11 is 0. The molecule has 3 aromatic rings. The Morgan fingerprint density at radius 1 is 1.04 bits per heavy atom. The summed E-state index contributed by atoms with van der Waals surface area (Å²) < 4.78 is 1.28. The molecule has 0 unspecified atom stereocenters. The maximum Gasteiger partial charge on any atom is 0.294 e. The van der Waals surface area contributed by atoms with Gasteiger partial charge in [-0.15, -0.1) is 4.73 Å². The molecule has 0 aliphatic carbocycles. The minimum absolute atomic E-state index is 0.184. The highest BCUT2D eigenvalue weighted by Gasteiger charge is 2.09. The quantitative estimate of drug-likeness (QED) is 0.725. The van der Waals surface area contributed by atoms with Gasteiger partial charge in [0.25, 0.3) is 5.56 Å². The van der Waals surface area contributed by atoms with Crippen molar-refractivity contribution in [1.82, 2.24) is 9.71 Å². The number of fused-ring (bicyclic) bond motifs is 1. The highest BCUT2D eigenvalue weighted by molar-refractivity contribution is 5.79. The summed E-state index contributed by atoms with van der Waals surface area (Å²) in [7, 11) is 0. The van der Waals surface area contributed by atoms with Crippen molar-refractivity contribution in [3.8, 4) is 0 Å². The van der Waals surface area contributed by atoms with Crippen LogP contribution in [0.4, 0.5) is 0 Å². The fourth-order valence-corrected chi connectivity index (χ4v) is 2.28. The fraction of sp³-hybridized carbons (Fsp3) is 0.158. The van der Waals surface area contributed by atoms with E-state index in [1.54, 1.807) is 12.1 Å². The third-order valence-corrected chi connectivity index (χ3v) is 3.41. The first-order valence-electron chi connectivity index (χ1n) is 7.68. The Labute approximate surface area is 134 Å². The van der Waals surface area contributed by atoms with Crippen LogP contribution in [0.25, 0.3) is 23.1 Å². The van der Waals surface area contributed by atoms with Crippen LogP contribution in [-0.2, 0) is 0 Å². The summed E-state index contributed by atoms with van der Waals surface area (Å²) in [6.07, 6.45) is 4.54. The number of hydrogen-bond acceptors (Lipinski definition) is 3. The molecule has 0 amide bonds. The van der Waals surface area contributed by atoms with E-state index in [1.807, 2.05) is 61.5 Å². The fourth-order valence-electron chi connectivity index (χ4n) is 2.28. The van der Waals surface area contributed by atoms with Gasteiger partial charge in [0.05, 0.1) is 10.9 Å². The van der Waals surface area contributed by atoms with E-state index in [1.165, 1.54) is 4.73 Å². The van der Waals surface area contributed by atoms with E-state index in [4.69, 9.17) is 4.84 Å². The molecular formula is C19H18N2O2. The lowest BCUT2D eigenvalue weighted by atomic mass is 10.2. The maximum atomic E-state index is 12.6. The second kappa shape index (κ2) is 6.92. The summed E-state index contributed by atoms with van der Waals surface area (Å²) in [6, 6.07) is 17.2. The molecule has 0 aliphatic heterocycles. The summed E-state index contributed by atoms with van der Waals surface area (Å²) in [5.74, 6) is 0.492. The molecule has 0 saturated carbocycles. The van der Waals surface area contributed by atoms with Crippen LogP contribution in [0.5, 0.6) is 0 Å². The molecular weight excluding hydrogens is 288 g/mol. The standard InChI is InChI=1S/C19H18N2O2/c1-2-14-23-21-18(13-12-15-8-4-3-5-9-15)20-17-11-7-6-10-16(17)19(21)22/h3-13H,2,14H2,1H3/b13-12+. The second-order valence-electron chi connectivity index (χ2n) is 5.16. The molecule has 0 bridgehead atoms. The van der Waals surface area contributed by atoms with Gasteiger partial charge in [-0.2, -0.15) is 0 Å². The molecule has 1 aromatic heterocycles. The Kier molecular flexibility index (Phi) is 4.52. The van der Waals surface area contributed by atoms with Gasteiger partial charge >= 0.3 is 0 Å². The third kappa shape index (κ3) is 3.31. The average Bonchev–Trinajstić information content (AvgIpc) is 2.60. The van der Waals surface area contributed by atoms with Gasteiger partial charge in [-0.3, -0.25) is 4.79 Å². The molecule has 3 rings (SSSR count). The molecule has 0 fully saturated rings. The van der Waals surface area contributed by atoms with Crippen LogP contribution >= 0.6 is 0 Å². The first kappa shape index (κ1) is 15.0. The number of nitrogens with zero attached hydrogens (tertiary/aromatic N) is 2. The summed E-state index contributed by atoms with van der Waals surface area (Å²) in [5.41, 5.74) is 1.52. The SMILES string of the molecule is CCCOn1c(/C=C/c2ccccc2)nc2ccccc2c1=O. The Bertz CT molecular complexity index is 883. The maximum absolute atomic E-state index is 12.6. The smallest absolute Gasteiger partial charge is 0.294 e. The van der Waals surface area contributed by atoms with Gasteiger partial charge in [0.1, 0.15) is 6.61 Å². The lowest BCUT2D eigenvalue weighted by Gasteiger charge is -2.11. The molecule has 0 atom stereocenters. The molecule has 2 aromatic carbocycles. The minimum Gasteiger partial charge on any atom is -0.409 e. The predicted molar refractivity (Wildman–Crippen MR) is 93.1 cm³/mol. The van der Waals surface area contributed by atoms with E-state index in [0.29, 0.717) is 23.3 Å². The van der Waals surface area contributed by atoms with Crippen molar-refractivity contribution in [2.75, 3.05) is 6.61 Å². The summed E-state index contributed by atoms with van der Waals surface area (Å²) in [6.45, 7) is 2.46. The normalized spacial score (nSPS) is 11.2. The molecule has 0 N–H and O–H groups in total. The Balaban J connectivity index is 2.10. The zero-order valence-corrected chi connectivity index (χ0v) is 13.0. The Morgan fingerprint density at radius 3 is 2.57 bits per heavy atom. The van der Waals surface area contributed by atoms with Gasteiger partial charge in [0.2, 0.25) is 0 Å². The second-order valence-corrected chi connectivity index (χ2v) is 5.16. The molecule has 0 aliphatic rings. The van der Waals surface area contributed by atoms with Crippen molar-refractivity contribution in [3.63, 3.8) is 0 Å². The zero-order chi connectivity index (χ0) is 16.1. The molecule has 4 heteroatoms. The molecule has 23 heavy (non-hydrogen) atoms. The van der Waals surface area contributed by atoms with Crippen LogP contribution in [0.3, 0.4) is 0 Å². The number of rotatable bonds is 5. The average molecular weight is 306 g/mol. The largest absolute Gasteiger partial charge is 0.409 e. The molecule has 0 saturated heterocycles. The van der Waals surface area contributed by atoms with Gasteiger partial charge in [-0.25, -0.2) is 4.98 Å². The van der Waals surface area contributed by atoms with Crippen molar-refractivity contribution < 1.29 is 4.84 Å². The van der Waals surface area contributed by atoms with Gasteiger partial charge in [0.15, 0.2) is 5.82 Å². The number of hydrogen-bond donors (Lipinski definition) is 0. The van der Waals surface area contributed by atoms with E-state index >= 15 is 0 Å². The molecule has 116 valence electrons.